The highest BCUT2D eigenvalue weighted by atomic mass is 19.1. The van der Waals surface area contributed by atoms with E-state index in [1.807, 2.05) is 30.3 Å². The third-order valence-corrected chi connectivity index (χ3v) is 4.66. The molecule has 10 nitrogen and oxygen atoms in total. The number of hydrogen-bond donors (Lipinski definition) is 2. The van der Waals surface area contributed by atoms with Crippen LogP contribution in [0.25, 0.3) is 11.4 Å². The maximum Gasteiger partial charge on any atom is 0.407 e. The molecular formula is C24H28FN5O5. The average molecular weight is 486 g/mol. The zero-order chi connectivity index (χ0) is 25.4. The molecule has 35 heavy (non-hydrogen) atoms. The van der Waals surface area contributed by atoms with Gasteiger partial charge in [-0.3, -0.25) is 4.79 Å². The molecule has 2 aromatic carbocycles. The normalized spacial score (nSPS) is 12.1. The van der Waals surface area contributed by atoms with Crippen molar-refractivity contribution in [1.82, 2.24) is 25.5 Å². The smallest absolute Gasteiger partial charge is 0.407 e. The third kappa shape index (κ3) is 8.36. The van der Waals surface area contributed by atoms with E-state index in [-0.39, 0.29) is 24.5 Å². The minimum absolute atomic E-state index is 0.0678. The van der Waals surface area contributed by atoms with Gasteiger partial charge in [-0.05, 0) is 49.7 Å². The van der Waals surface area contributed by atoms with E-state index in [0.29, 0.717) is 18.6 Å². The van der Waals surface area contributed by atoms with Crippen LogP contribution in [0.5, 0.6) is 5.75 Å². The molecule has 1 amide bonds. The molecule has 0 radical (unpaired) electrons. The van der Waals surface area contributed by atoms with Gasteiger partial charge < -0.3 is 19.9 Å². The van der Waals surface area contributed by atoms with Crippen LogP contribution >= 0.6 is 0 Å². The molecule has 1 atom stereocenters. The maximum absolute atomic E-state index is 14.6. The zero-order valence-corrected chi connectivity index (χ0v) is 19.8. The molecule has 0 saturated carbocycles. The van der Waals surface area contributed by atoms with Crippen molar-refractivity contribution in [2.75, 3.05) is 6.61 Å². The van der Waals surface area contributed by atoms with Crippen LogP contribution in [0, 0.1) is 5.82 Å². The highest BCUT2D eigenvalue weighted by molar-refractivity contribution is 5.71. The van der Waals surface area contributed by atoms with Crippen molar-refractivity contribution in [1.29, 1.82) is 0 Å². The number of carboxylic acids is 1. The number of aromatic nitrogens is 4. The summed E-state index contributed by atoms with van der Waals surface area (Å²) in [4.78, 5) is 24.4. The van der Waals surface area contributed by atoms with Crippen LogP contribution in [0.1, 0.15) is 32.8 Å². The van der Waals surface area contributed by atoms with Crippen LogP contribution < -0.4 is 10.1 Å². The fourth-order valence-electron chi connectivity index (χ4n) is 3.16. The minimum atomic E-state index is -1.11. The Morgan fingerprint density at radius 3 is 2.57 bits per heavy atom. The molecule has 3 aromatic rings. The van der Waals surface area contributed by atoms with E-state index in [2.05, 4.69) is 20.7 Å². The van der Waals surface area contributed by atoms with Gasteiger partial charge in [0.25, 0.3) is 0 Å². The van der Waals surface area contributed by atoms with Crippen LogP contribution in [0.15, 0.2) is 48.5 Å². The number of halogens is 1. The lowest BCUT2D eigenvalue weighted by Gasteiger charge is -2.22. The lowest BCUT2D eigenvalue weighted by Crippen LogP contribution is -2.42. The Balaban J connectivity index is 1.62. The fourth-order valence-corrected chi connectivity index (χ4v) is 3.16. The first kappa shape index (κ1) is 25.6. The minimum Gasteiger partial charge on any atom is -0.490 e. The molecule has 0 aliphatic rings. The van der Waals surface area contributed by atoms with Crippen molar-refractivity contribution in [3.63, 3.8) is 0 Å². The predicted molar refractivity (Wildman–Crippen MR) is 124 cm³/mol. The van der Waals surface area contributed by atoms with Crippen LogP contribution in [-0.4, -0.2) is 55.6 Å². The maximum atomic E-state index is 14.6. The Hall–Kier alpha value is -4.02. The second-order valence-corrected chi connectivity index (χ2v) is 8.84. The molecule has 11 heteroatoms. The van der Waals surface area contributed by atoms with Crippen molar-refractivity contribution in [2.45, 2.75) is 51.8 Å². The van der Waals surface area contributed by atoms with E-state index < -0.39 is 29.5 Å². The lowest BCUT2D eigenvalue weighted by molar-refractivity contribution is -0.137. The van der Waals surface area contributed by atoms with Gasteiger partial charge in [0.05, 0.1) is 25.6 Å². The van der Waals surface area contributed by atoms with Gasteiger partial charge >= 0.3 is 12.1 Å². The summed E-state index contributed by atoms with van der Waals surface area (Å²) in [5, 5.41) is 23.7. The zero-order valence-electron chi connectivity index (χ0n) is 19.8. The predicted octanol–water partition coefficient (Wildman–Crippen LogP) is 3.47. The topological polar surface area (TPSA) is 128 Å². The Kier molecular flexibility index (Phi) is 8.34. The van der Waals surface area contributed by atoms with Gasteiger partial charge in [0.1, 0.15) is 5.60 Å². The van der Waals surface area contributed by atoms with Gasteiger partial charge in [0.2, 0.25) is 5.82 Å². The number of alkyl carbamates (subject to hydrolysis) is 1. The SMILES string of the molecule is CC(C)(C)OC(=O)NC(CC(=O)O)Cn1nnc(-c2ccc(OCCc3ccccc3)c(F)c2)n1. The summed E-state index contributed by atoms with van der Waals surface area (Å²) in [6.45, 7) is 5.35. The number of aliphatic carboxylic acids is 1. The van der Waals surface area contributed by atoms with Crippen molar-refractivity contribution < 1.29 is 28.6 Å². The van der Waals surface area contributed by atoms with Gasteiger partial charge in [0, 0.05) is 12.0 Å². The Labute approximate surface area is 202 Å². The fraction of sp³-hybridized carbons (Fsp3) is 0.375. The molecule has 0 bridgehead atoms. The van der Waals surface area contributed by atoms with Gasteiger partial charge in [-0.1, -0.05) is 30.3 Å². The summed E-state index contributed by atoms with van der Waals surface area (Å²) < 4.78 is 25.3. The van der Waals surface area contributed by atoms with Crippen LogP contribution in [0.2, 0.25) is 0 Å². The van der Waals surface area contributed by atoms with Crippen molar-refractivity contribution in [3.05, 3.63) is 59.9 Å². The van der Waals surface area contributed by atoms with Crippen molar-refractivity contribution in [3.8, 4) is 17.1 Å². The largest absolute Gasteiger partial charge is 0.490 e. The summed E-state index contributed by atoms with van der Waals surface area (Å²) in [6.07, 6.45) is -0.485. The van der Waals surface area contributed by atoms with E-state index in [9.17, 15) is 14.0 Å². The summed E-state index contributed by atoms with van der Waals surface area (Å²) >= 11 is 0. The van der Waals surface area contributed by atoms with E-state index >= 15 is 0 Å². The number of carboxylic acid groups (broad SMARTS) is 1. The van der Waals surface area contributed by atoms with Crippen molar-refractivity contribution in [2.24, 2.45) is 0 Å². The molecule has 1 unspecified atom stereocenters. The molecular weight excluding hydrogens is 457 g/mol. The molecule has 1 aromatic heterocycles. The number of ether oxygens (including phenoxy) is 2. The number of nitrogens with one attached hydrogen (secondary N) is 1. The summed E-state index contributed by atoms with van der Waals surface area (Å²) in [5.41, 5.74) is 0.727. The van der Waals surface area contributed by atoms with Crippen LogP contribution in [0.4, 0.5) is 9.18 Å². The lowest BCUT2D eigenvalue weighted by atomic mass is 10.2. The number of benzene rings is 2. The van der Waals surface area contributed by atoms with E-state index in [4.69, 9.17) is 14.6 Å². The average Bonchev–Trinajstić information content (AvgIpc) is 3.22. The summed E-state index contributed by atoms with van der Waals surface area (Å²) in [6, 6.07) is 13.2. The Bertz CT molecular complexity index is 1150. The van der Waals surface area contributed by atoms with Crippen LogP contribution in [0.3, 0.4) is 0 Å². The monoisotopic (exact) mass is 485 g/mol. The quantitative estimate of drug-likeness (QED) is 0.447. The number of nitrogens with zero attached hydrogens (tertiary/aromatic N) is 4. The number of rotatable bonds is 10. The molecule has 186 valence electrons. The second-order valence-electron chi connectivity index (χ2n) is 8.84. The number of tetrazole rings is 1. The number of carbonyl (C=O) groups is 2. The molecule has 0 aliphatic carbocycles. The number of hydrogen-bond acceptors (Lipinski definition) is 7. The van der Waals surface area contributed by atoms with Gasteiger partial charge in [-0.25, -0.2) is 9.18 Å². The second kappa shape index (κ2) is 11.4. The highest BCUT2D eigenvalue weighted by Crippen LogP contribution is 2.23. The summed E-state index contributed by atoms with van der Waals surface area (Å²) in [7, 11) is 0. The van der Waals surface area contributed by atoms with Gasteiger partial charge in [-0.2, -0.15) is 4.80 Å². The van der Waals surface area contributed by atoms with Gasteiger partial charge in [0.15, 0.2) is 11.6 Å². The molecule has 0 fully saturated rings. The first-order chi connectivity index (χ1) is 16.6. The first-order valence-corrected chi connectivity index (χ1v) is 11.0. The van der Waals surface area contributed by atoms with Crippen LogP contribution in [-0.2, 0) is 22.5 Å². The third-order valence-electron chi connectivity index (χ3n) is 4.66. The van der Waals surface area contributed by atoms with Gasteiger partial charge in [-0.15, -0.1) is 10.2 Å². The number of amides is 1. The molecule has 0 spiro atoms. The van der Waals surface area contributed by atoms with E-state index in [1.54, 1.807) is 26.8 Å². The molecule has 0 saturated heterocycles. The highest BCUT2D eigenvalue weighted by Gasteiger charge is 2.23. The number of carbonyl (C=O) groups excluding carboxylic acids is 1. The van der Waals surface area contributed by atoms with E-state index in [0.717, 1.165) is 10.4 Å². The van der Waals surface area contributed by atoms with Crippen molar-refractivity contribution >= 4 is 12.1 Å². The standard InChI is InChI=1S/C24H28FN5O5/c1-24(2,3)35-23(33)26-18(14-21(31)32)15-30-28-22(27-29-30)17-9-10-20(19(25)13-17)34-12-11-16-7-5-4-6-8-16/h4-10,13,18H,11-12,14-15H2,1-3H3,(H,26,33)(H,31,32). The Morgan fingerprint density at radius 2 is 1.91 bits per heavy atom. The Morgan fingerprint density at radius 1 is 1.17 bits per heavy atom. The molecule has 2 N–H and O–H groups in total. The molecule has 0 aliphatic heterocycles. The first-order valence-electron chi connectivity index (χ1n) is 11.0. The molecule has 3 rings (SSSR count). The van der Waals surface area contributed by atoms with E-state index in [1.165, 1.54) is 12.1 Å². The summed E-state index contributed by atoms with van der Waals surface area (Å²) in [5.74, 6) is -1.43. The molecule has 1 heterocycles.